The Morgan fingerprint density at radius 1 is 1.20 bits per heavy atom. The summed E-state index contributed by atoms with van der Waals surface area (Å²) in [5.74, 6) is 0.200. The van der Waals surface area contributed by atoms with Gasteiger partial charge in [-0.2, -0.15) is 5.26 Å². The van der Waals surface area contributed by atoms with E-state index in [4.69, 9.17) is 26.3 Å². The molecule has 0 bridgehead atoms. The van der Waals surface area contributed by atoms with Crippen LogP contribution in [0, 0.1) is 11.3 Å². The highest BCUT2D eigenvalue weighted by Crippen LogP contribution is 2.25. The van der Waals surface area contributed by atoms with Gasteiger partial charge in [-0.05, 0) is 42.5 Å². The number of rotatable bonds is 4. The molecular formula is C19H13ClN2O3. The summed E-state index contributed by atoms with van der Waals surface area (Å²) in [6.45, 7) is 0.00658. The van der Waals surface area contributed by atoms with Crippen LogP contribution in [0.25, 0.3) is 10.9 Å². The lowest BCUT2D eigenvalue weighted by molar-refractivity contribution is 0.0472. The Morgan fingerprint density at radius 2 is 1.96 bits per heavy atom. The van der Waals surface area contributed by atoms with E-state index in [0.29, 0.717) is 28.0 Å². The quantitative estimate of drug-likeness (QED) is 0.521. The fourth-order valence-electron chi connectivity index (χ4n) is 2.30. The van der Waals surface area contributed by atoms with Crippen molar-refractivity contribution in [2.45, 2.75) is 6.61 Å². The van der Waals surface area contributed by atoms with Gasteiger partial charge in [0, 0.05) is 17.0 Å². The van der Waals surface area contributed by atoms with Gasteiger partial charge in [0.1, 0.15) is 17.5 Å². The number of carbonyl (C=O) groups excluding carboxylic acids is 1. The molecule has 1 heterocycles. The number of fused-ring (bicyclic) bond motifs is 1. The SMILES string of the molecule is COc1ccc2cc(COC(=O)c3ccc(C#N)cc3)c(Cl)nc2c1. The van der Waals surface area contributed by atoms with Crippen LogP contribution in [0.3, 0.4) is 0 Å². The normalized spacial score (nSPS) is 10.3. The molecular weight excluding hydrogens is 340 g/mol. The van der Waals surface area contributed by atoms with Crippen LogP contribution in [0.15, 0.2) is 48.5 Å². The van der Waals surface area contributed by atoms with E-state index in [9.17, 15) is 4.79 Å². The Hall–Kier alpha value is -3.10. The van der Waals surface area contributed by atoms with E-state index in [0.717, 1.165) is 5.39 Å². The third-order valence-corrected chi connectivity index (χ3v) is 3.99. The first kappa shape index (κ1) is 16.7. The highest BCUT2D eigenvalue weighted by molar-refractivity contribution is 6.30. The minimum Gasteiger partial charge on any atom is -0.497 e. The molecule has 25 heavy (non-hydrogen) atoms. The Morgan fingerprint density at radius 3 is 2.64 bits per heavy atom. The van der Waals surface area contributed by atoms with Crippen molar-refractivity contribution in [1.29, 1.82) is 5.26 Å². The predicted molar refractivity (Wildman–Crippen MR) is 93.6 cm³/mol. The molecule has 124 valence electrons. The van der Waals surface area contributed by atoms with Crippen molar-refractivity contribution in [2.24, 2.45) is 0 Å². The number of hydrogen-bond acceptors (Lipinski definition) is 5. The number of methoxy groups -OCH3 is 1. The second-order valence-electron chi connectivity index (χ2n) is 5.26. The molecule has 0 aliphatic heterocycles. The maximum absolute atomic E-state index is 12.1. The summed E-state index contributed by atoms with van der Waals surface area (Å²) >= 11 is 6.19. The summed E-state index contributed by atoms with van der Waals surface area (Å²) < 4.78 is 10.5. The second-order valence-corrected chi connectivity index (χ2v) is 5.62. The zero-order valence-corrected chi connectivity index (χ0v) is 14.1. The number of aromatic nitrogens is 1. The molecule has 3 aromatic rings. The van der Waals surface area contributed by atoms with Crippen molar-refractivity contribution in [3.05, 3.63) is 70.4 Å². The first-order chi connectivity index (χ1) is 12.1. The van der Waals surface area contributed by atoms with E-state index in [1.165, 1.54) is 0 Å². The smallest absolute Gasteiger partial charge is 0.338 e. The molecule has 0 radical (unpaired) electrons. The van der Waals surface area contributed by atoms with Crippen molar-refractivity contribution in [1.82, 2.24) is 4.98 Å². The van der Waals surface area contributed by atoms with Gasteiger partial charge in [-0.25, -0.2) is 9.78 Å². The Labute approximate surface area is 149 Å². The Bertz CT molecular complexity index is 978. The predicted octanol–water partition coefficient (Wildman–Crippen LogP) is 4.13. The van der Waals surface area contributed by atoms with E-state index in [1.54, 1.807) is 37.4 Å². The number of esters is 1. The highest BCUT2D eigenvalue weighted by Gasteiger charge is 2.11. The molecule has 0 saturated heterocycles. The van der Waals surface area contributed by atoms with Crippen molar-refractivity contribution in [3.8, 4) is 11.8 Å². The first-order valence-corrected chi connectivity index (χ1v) is 7.79. The maximum Gasteiger partial charge on any atom is 0.338 e. The fourth-order valence-corrected chi connectivity index (χ4v) is 2.50. The first-order valence-electron chi connectivity index (χ1n) is 7.41. The number of pyridine rings is 1. The summed E-state index contributed by atoms with van der Waals surface area (Å²) in [7, 11) is 1.58. The molecule has 0 spiro atoms. The van der Waals surface area contributed by atoms with Crippen molar-refractivity contribution in [2.75, 3.05) is 7.11 Å². The number of nitriles is 1. The van der Waals surface area contributed by atoms with Gasteiger partial charge < -0.3 is 9.47 Å². The molecule has 6 heteroatoms. The van der Waals surface area contributed by atoms with Crippen molar-refractivity contribution in [3.63, 3.8) is 0 Å². The number of nitrogens with zero attached hydrogens (tertiary/aromatic N) is 2. The average Bonchev–Trinajstić information content (AvgIpc) is 2.65. The topological polar surface area (TPSA) is 72.2 Å². The van der Waals surface area contributed by atoms with E-state index in [2.05, 4.69) is 4.98 Å². The lowest BCUT2D eigenvalue weighted by atomic mass is 10.1. The van der Waals surface area contributed by atoms with Crippen LogP contribution in [0.1, 0.15) is 21.5 Å². The third-order valence-electron chi connectivity index (χ3n) is 3.66. The summed E-state index contributed by atoms with van der Waals surface area (Å²) in [4.78, 5) is 16.4. The van der Waals surface area contributed by atoms with Gasteiger partial charge in [0.15, 0.2) is 0 Å². The fraction of sp³-hybridized carbons (Fsp3) is 0.105. The van der Waals surface area contributed by atoms with Gasteiger partial charge in [-0.15, -0.1) is 0 Å². The third kappa shape index (κ3) is 3.70. The number of halogens is 1. The number of ether oxygens (including phenoxy) is 2. The van der Waals surface area contributed by atoms with Gasteiger partial charge in [-0.1, -0.05) is 11.6 Å². The molecule has 0 saturated carbocycles. The van der Waals surface area contributed by atoms with E-state index < -0.39 is 5.97 Å². The summed E-state index contributed by atoms with van der Waals surface area (Å²) in [5.41, 5.74) is 2.16. The molecule has 0 atom stereocenters. The standard InChI is InChI=1S/C19H13ClN2O3/c1-24-16-7-6-14-8-15(18(20)22-17(14)9-16)11-25-19(23)13-4-2-12(10-21)3-5-13/h2-9H,11H2,1H3. The van der Waals surface area contributed by atoms with Crippen LogP contribution in [-0.2, 0) is 11.3 Å². The Balaban J connectivity index is 1.77. The van der Waals surface area contributed by atoms with Crippen LogP contribution in [0.5, 0.6) is 5.75 Å². The molecule has 0 aliphatic rings. The van der Waals surface area contributed by atoms with E-state index in [-0.39, 0.29) is 11.8 Å². The highest BCUT2D eigenvalue weighted by atomic mass is 35.5. The van der Waals surface area contributed by atoms with Crippen LogP contribution in [0.4, 0.5) is 0 Å². The summed E-state index contributed by atoms with van der Waals surface area (Å²) in [5, 5.41) is 9.92. The van der Waals surface area contributed by atoms with Gasteiger partial charge in [-0.3, -0.25) is 0 Å². The number of benzene rings is 2. The summed E-state index contributed by atoms with van der Waals surface area (Å²) in [6.07, 6.45) is 0. The lowest BCUT2D eigenvalue weighted by Gasteiger charge is -2.09. The molecule has 0 unspecified atom stereocenters. The molecule has 0 aliphatic carbocycles. The van der Waals surface area contributed by atoms with Crippen molar-refractivity contribution < 1.29 is 14.3 Å². The number of hydrogen-bond donors (Lipinski definition) is 0. The molecule has 5 nitrogen and oxygen atoms in total. The molecule has 3 rings (SSSR count). The summed E-state index contributed by atoms with van der Waals surface area (Å²) in [6, 6.07) is 15.5. The molecule has 0 fully saturated rings. The lowest BCUT2D eigenvalue weighted by Crippen LogP contribution is -2.06. The van der Waals surface area contributed by atoms with Gasteiger partial charge in [0.2, 0.25) is 0 Å². The molecule has 0 N–H and O–H groups in total. The largest absolute Gasteiger partial charge is 0.497 e. The molecule has 0 amide bonds. The van der Waals surface area contributed by atoms with Crippen LogP contribution in [-0.4, -0.2) is 18.1 Å². The van der Waals surface area contributed by atoms with E-state index >= 15 is 0 Å². The Kier molecular flexibility index (Phi) is 4.82. The van der Waals surface area contributed by atoms with Crippen molar-refractivity contribution >= 4 is 28.5 Å². The average molecular weight is 353 g/mol. The zero-order chi connectivity index (χ0) is 17.8. The minimum absolute atomic E-state index is 0.00658. The van der Waals surface area contributed by atoms with Gasteiger partial charge in [0.25, 0.3) is 0 Å². The zero-order valence-electron chi connectivity index (χ0n) is 13.3. The second kappa shape index (κ2) is 7.20. The molecule has 1 aromatic heterocycles. The monoisotopic (exact) mass is 352 g/mol. The molecule has 2 aromatic carbocycles. The van der Waals surface area contributed by atoms with E-state index in [1.807, 2.05) is 24.3 Å². The maximum atomic E-state index is 12.1. The van der Waals surface area contributed by atoms with Gasteiger partial charge >= 0.3 is 5.97 Å². The van der Waals surface area contributed by atoms with Crippen LogP contribution < -0.4 is 4.74 Å². The number of carbonyl (C=O) groups is 1. The van der Waals surface area contributed by atoms with Crippen LogP contribution >= 0.6 is 11.6 Å². The minimum atomic E-state index is -0.490. The van der Waals surface area contributed by atoms with Crippen LogP contribution in [0.2, 0.25) is 5.15 Å². The van der Waals surface area contributed by atoms with Gasteiger partial charge in [0.05, 0.1) is 29.8 Å².